The van der Waals surface area contributed by atoms with Crippen LogP contribution in [0.25, 0.3) is 0 Å². The second-order valence-corrected chi connectivity index (χ2v) is 6.08. The summed E-state index contributed by atoms with van der Waals surface area (Å²) >= 11 is 0. The van der Waals surface area contributed by atoms with E-state index >= 15 is 0 Å². The average Bonchev–Trinajstić information content (AvgIpc) is 3.01. The van der Waals surface area contributed by atoms with Crippen molar-refractivity contribution in [1.82, 2.24) is 0 Å². The summed E-state index contributed by atoms with van der Waals surface area (Å²) in [5, 5.41) is 0. The molecule has 1 aliphatic carbocycles. The molecule has 2 aliphatic rings. The Balaban J connectivity index is 2.05. The van der Waals surface area contributed by atoms with Crippen molar-refractivity contribution in [1.29, 1.82) is 0 Å². The summed E-state index contributed by atoms with van der Waals surface area (Å²) in [6.45, 7) is 2.71. The van der Waals surface area contributed by atoms with E-state index in [1.807, 2.05) is 14.0 Å². The number of nitrogens with zero attached hydrogens (tertiary/aromatic N) is 1. The van der Waals surface area contributed by atoms with Gasteiger partial charge in [-0.2, -0.15) is 0 Å². The van der Waals surface area contributed by atoms with Gasteiger partial charge in [0.05, 0.1) is 5.92 Å². The van der Waals surface area contributed by atoms with Gasteiger partial charge < -0.3 is 10.6 Å². The number of nitrogens with two attached hydrogens (primary N) is 1. The van der Waals surface area contributed by atoms with E-state index in [9.17, 15) is 4.79 Å². The molecule has 0 aromatic heterocycles. The van der Waals surface area contributed by atoms with Gasteiger partial charge in [-0.3, -0.25) is 4.79 Å². The molecule has 1 fully saturated rings. The molecule has 3 nitrogen and oxygen atoms in total. The van der Waals surface area contributed by atoms with Crippen LogP contribution in [0.15, 0.2) is 18.2 Å². The second kappa shape index (κ2) is 4.34. The van der Waals surface area contributed by atoms with Crippen LogP contribution in [-0.2, 0) is 10.2 Å². The molecule has 0 bridgehead atoms. The predicted octanol–water partition coefficient (Wildman–Crippen LogP) is 2.54. The van der Waals surface area contributed by atoms with Crippen molar-refractivity contribution in [2.75, 3.05) is 18.5 Å². The van der Waals surface area contributed by atoms with E-state index in [1.165, 1.54) is 36.8 Å². The number of fused-ring (bicyclic) bond motifs is 1. The van der Waals surface area contributed by atoms with Crippen LogP contribution < -0.4 is 10.6 Å². The van der Waals surface area contributed by atoms with Crippen molar-refractivity contribution in [3.63, 3.8) is 0 Å². The summed E-state index contributed by atoms with van der Waals surface area (Å²) < 4.78 is 0. The molecule has 3 rings (SSSR count). The molecule has 1 heterocycles. The van der Waals surface area contributed by atoms with E-state index in [2.05, 4.69) is 18.2 Å². The van der Waals surface area contributed by atoms with E-state index in [0.29, 0.717) is 6.54 Å². The first-order valence-corrected chi connectivity index (χ1v) is 7.21. The van der Waals surface area contributed by atoms with Gasteiger partial charge in [0.1, 0.15) is 0 Å². The Morgan fingerprint density at radius 1 is 1.37 bits per heavy atom. The zero-order valence-electron chi connectivity index (χ0n) is 11.8. The Hall–Kier alpha value is -1.35. The van der Waals surface area contributed by atoms with E-state index in [1.54, 1.807) is 4.90 Å². The number of rotatable bonds is 2. The summed E-state index contributed by atoms with van der Waals surface area (Å²) in [5.74, 6) is 0.177. The fourth-order valence-corrected chi connectivity index (χ4v) is 3.74. The van der Waals surface area contributed by atoms with Crippen LogP contribution in [0.4, 0.5) is 5.69 Å². The lowest BCUT2D eigenvalue weighted by Gasteiger charge is -2.28. The summed E-state index contributed by atoms with van der Waals surface area (Å²) in [6.07, 6.45) is 4.90. The third-order valence-corrected chi connectivity index (χ3v) is 5.12. The van der Waals surface area contributed by atoms with Crippen molar-refractivity contribution in [3.05, 3.63) is 29.3 Å². The third-order valence-electron chi connectivity index (χ3n) is 5.12. The standard InChI is InChI=1S/C16H22N2O/c1-11-13-9-12(16(10-17)7-3-4-8-16)5-6-14(13)18(2)15(11)19/h5-6,9,11H,3-4,7-8,10,17H2,1-2H3. The first-order valence-electron chi connectivity index (χ1n) is 7.21. The Kier molecular flexibility index (Phi) is 2.90. The number of benzene rings is 1. The van der Waals surface area contributed by atoms with Crippen LogP contribution in [0.5, 0.6) is 0 Å². The molecule has 0 spiro atoms. The zero-order valence-corrected chi connectivity index (χ0v) is 11.8. The molecule has 2 N–H and O–H groups in total. The molecule has 19 heavy (non-hydrogen) atoms. The highest BCUT2D eigenvalue weighted by molar-refractivity contribution is 6.04. The first-order chi connectivity index (χ1) is 9.09. The lowest BCUT2D eigenvalue weighted by atomic mass is 9.78. The van der Waals surface area contributed by atoms with Crippen LogP contribution in [0.1, 0.15) is 49.7 Å². The molecule has 102 valence electrons. The second-order valence-electron chi connectivity index (χ2n) is 6.08. The number of amides is 1. The molecule has 3 heteroatoms. The monoisotopic (exact) mass is 258 g/mol. The van der Waals surface area contributed by atoms with Gasteiger partial charge in [0.15, 0.2) is 0 Å². The minimum Gasteiger partial charge on any atom is -0.330 e. The lowest BCUT2D eigenvalue weighted by molar-refractivity contribution is -0.118. The van der Waals surface area contributed by atoms with Gasteiger partial charge in [-0.05, 0) is 37.0 Å². The van der Waals surface area contributed by atoms with Gasteiger partial charge in [-0.25, -0.2) is 0 Å². The Morgan fingerprint density at radius 3 is 2.68 bits per heavy atom. The van der Waals surface area contributed by atoms with E-state index in [4.69, 9.17) is 5.73 Å². The zero-order chi connectivity index (χ0) is 13.6. The maximum Gasteiger partial charge on any atom is 0.234 e. The van der Waals surface area contributed by atoms with Crippen molar-refractivity contribution in [2.24, 2.45) is 5.73 Å². The smallest absolute Gasteiger partial charge is 0.234 e. The van der Waals surface area contributed by atoms with Gasteiger partial charge >= 0.3 is 0 Å². The topological polar surface area (TPSA) is 46.3 Å². The Labute approximate surface area is 114 Å². The number of hydrogen-bond donors (Lipinski definition) is 1. The highest BCUT2D eigenvalue weighted by atomic mass is 16.2. The molecular formula is C16H22N2O. The van der Waals surface area contributed by atoms with E-state index in [0.717, 1.165) is 5.69 Å². The lowest BCUT2D eigenvalue weighted by Crippen LogP contribution is -2.32. The minimum absolute atomic E-state index is 0.0174. The normalized spacial score (nSPS) is 24.9. The van der Waals surface area contributed by atoms with Crippen LogP contribution in [0, 0.1) is 0 Å². The molecule has 1 amide bonds. The first kappa shape index (κ1) is 12.7. The average molecular weight is 258 g/mol. The van der Waals surface area contributed by atoms with Crippen molar-refractivity contribution in [3.8, 4) is 0 Å². The van der Waals surface area contributed by atoms with E-state index < -0.39 is 0 Å². The fourth-order valence-electron chi connectivity index (χ4n) is 3.74. The van der Waals surface area contributed by atoms with Crippen molar-refractivity contribution >= 4 is 11.6 Å². The number of hydrogen-bond acceptors (Lipinski definition) is 2. The SMILES string of the molecule is CC1C(=O)N(C)c2ccc(C3(CN)CCCC3)cc21. The van der Waals surface area contributed by atoms with Gasteiger partial charge in [-0.15, -0.1) is 0 Å². The molecule has 1 aliphatic heterocycles. The highest BCUT2D eigenvalue weighted by Gasteiger charge is 2.37. The Morgan fingerprint density at radius 2 is 2.05 bits per heavy atom. The van der Waals surface area contributed by atoms with Crippen LogP contribution in [-0.4, -0.2) is 19.5 Å². The van der Waals surface area contributed by atoms with Crippen LogP contribution >= 0.6 is 0 Å². The van der Waals surface area contributed by atoms with Crippen LogP contribution in [0.3, 0.4) is 0 Å². The molecule has 1 aromatic rings. The summed E-state index contributed by atoms with van der Waals surface area (Å²) in [5.41, 5.74) is 9.78. The van der Waals surface area contributed by atoms with Gasteiger partial charge in [-0.1, -0.05) is 25.0 Å². The number of likely N-dealkylation sites (N-methyl/N-ethyl adjacent to an activating group) is 1. The molecule has 1 aromatic carbocycles. The van der Waals surface area contributed by atoms with Crippen molar-refractivity contribution in [2.45, 2.75) is 43.9 Å². The predicted molar refractivity (Wildman–Crippen MR) is 77.5 cm³/mol. The molecule has 1 unspecified atom stereocenters. The molecule has 1 saturated carbocycles. The Bertz CT molecular complexity index is 517. The summed E-state index contributed by atoms with van der Waals surface area (Å²) in [7, 11) is 1.86. The maximum atomic E-state index is 12.0. The number of carbonyl (C=O) groups is 1. The number of anilines is 1. The third kappa shape index (κ3) is 1.71. The van der Waals surface area contributed by atoms with Gasteiger partial charge in [0.25, 0.3) is 0 Å². The summed E-state index contributed by atoms with van der Waals surface area (Å²) in [6, 6.07) is 6.51. The van der Waals surface area contributed by atoms with Gasteiger partial charge in [0.2, 0.25) is 5.91 Å². The number of carbonyl (C=O) groups excluding carboxylic acids is 1. The fraction of sp³-hybridized carbons (Fsp3) is 0.562. The van der Waals surface area contributed by atoms with E-state index in [-0.39, 0.29) is 17.2 Å². The molecule has 1 atom stereocenters. The van der Waals surface area contributed by atoms with Crippen LogP contribution in [0.2, 0.25) is 0 Å². The largest absolute Gasteiger partial charge is 0.330 e. The summed E-state index contributed by atoms with van der Waals surface area (Å²) in [4.78, 5) is 13.8. The minimum atomic E-state index is -0.0174. The molecule has 0 saturated heterocycles. The quantitative estimate of drug-likeness (QED) is 0.886. The van der Waals surface area contributed by atoms with Gasteiger partial charge in [0, 0.05) is 24.7 Å². The van der Waals surface area contributed by atoms with Crippen molar-refractivity contribution < 1.29 is 4.79 Å². The molecular weight excluding hydrogens is 236 g/mol. The molecule has 0 radical (unpaired) electrons. The highest BCUT2D eigenvalue weighted by Crippen LogP contribution is 2.44. The maximum absolute atomic E-state index is 12.0.